The van der Waals surface area contributed by atoms with Crippen molar-refractivity contribution in [3.05, 3.63) is 29.3 Å². The fraction of sp³-hybridized carbons (Fsp3) is 0.500. The minimum atomic E-state index is -2.99. The summed E-state index contributed by atoms with van der Waals surface area (Å²) in [6, 6.07) is 6.86. The molecule has 21 heavy (non-hydrogen) atoms. The number of sulfone groups is 1. The van der Waals surface area contributed by atoms with Crippen molar-refractivity contribution in [1.82, 2.24) is 4.90 Å². The molecule has 0 aromatic heterocycles. The molecule has 1 atom stereocenters. The number of carbonyl (C=O) groups is 1. The zero-order valence-corrected chi connectivity index (χ0v) is 14.0. The van der Waals surface area contributed by atoms with Crippen LogP contribution < -0.4 is 5.32 Å². The zero-order valence-electron chi connectivity index (χ0n) is 12.5. The number of amides is 1. The third-order valence-corrected chi connectivity index (χ3v) is 4.18. The van der Waals surface area contributed by atoms with Gasteiger partial charge in [0.1, 0.15) is 9.84 Å². The maximum atomic E-state index is 11.9. The Labute approximate surface area is 131 Å². The van der Waals surface area contributed by atoms with Crippen LogP contribution in [0.4, 0.5) is 5.69 Å². The SMILES string of the molecule is C[C@H](CN(C)CC(=O)Nc1ccc(Cl)cc1)CS(C)(=O)=O. The molecule has 0 saturated heterocycles. The van der Waals surface area contributed by atoms with E-state index in [0.29, 0.717) is 17.3 Å². The average molecular weight is 333 g/mol. The topological polar surface area (TPSA) is 66.5 Å². The van der Waals surface area contributed by atoms with Gasteiger partial charge in [-0.05, 0) is 37.2 Å². The number of hydrogen-bond acceptors (Lipinski definition) is 4. The van der Waals surface area contributed by atoms with Crippen LogP contribution in [0.15, 0.2) is 24.3 Å². The molecule has 118 valence electrons. The standard InChI is InChI=1S/C14H21ClN2O3S/c1-11(10-21(3,19)20)8-17(2)9-14(18)16-13-6-4-12(15)5-7-13/h4-7,11H,8-10H2,1-3H3,(H,16,18)/t11-/m1/s1. The van der Waals surface area contributed by atoms with Crippen LogP contribution in [0.1, 0.15) is 6.92 Å². The fourth-order valence-electron chi connectivity index (χ4n) is 2.15. The Balaban J connectivity index is 2.41. The number of anilines is 1. The third kappa shape index (κ3) is 8.04. The highest BCUT2D eigenvalue weighted by Gasteiger charge is 2.14. The first-order valence-corrected chi connectivity index (χ1v) is 9.01. The average Bonchev–Trinajstić information content (AvgIpc) is 2.28. The first-order valence-electron chi connectivity index (χ1n) is 6.57. The van der Waals surface area contributed by atoms with Crippen LogP contribution in [-0.2, 0) is 14.6 Å². The van der Waals surface area contributed by atoms with Crippen LogP contribution in [-0.4, -0.2) is 51.4 Å². The van der Waals surface area contributed by atoms with Gasteiger partial charge in [-0.1, -0.05) is 18.5 Å². The summed E-state index contributed by atoms with van der Waals surface area (Å²) >= 11 is 5.77. The summed E-state index contributed by atoms with van der Waals surface area (Å²) in [5.74, 6) is -0.0458. The molecule has 0 saturated carbocycles. The number of nitrogens with one attached hydrogen (secondary N) is 1. The van der Waals surface area contributed by atoms with Gasteiger partial charge in [0.05, 0.1) is 12.3 Å². The Hall–Kier alpha value is -1.11. The Morgan fingerprint density at radius 2 is 1.90 bits per heavy atom. The molecule has 1 N–H and O–H groups in total. The summed E-state index contributed by atoms with van der Waals surface area (Å²) in [5.41, 5.74) is 0.682. The third-order valence-electron chi connectivity index (χ3n) is 2.75. The van der Waals surface area contributed by atoms with E-state index in [1.807, 2.05) is 6.92 Å². The van der Waals surface area contributed by atoms with Crippen LogP contribution in [0.25, 0.3) is 0 Å². The maximum absolute atomic E-state index is 11.9. The number of nitrogens with zero attached hydrogens (tertiary/aromatic N) is 1. The summed E-state index contributed by atoms with van der Waals surface area (Å²) in [5, 5.41) is 3.37. The maximum Gasteiger partial charge on any atom is 0.238 e. The Bertz CT molecular complexity index is 572. The van der Waals surface area contributed by atoms with Crippen molar-refractivity contribution in [1.29, 1.82) is 0 Å². The molecule has 7 heteroatoms. The van der Waals surface area contributed by atoms with Gasteiger partial charge >= 0.3 is 0 Å². The summed E-state index contributed by atoms with van der Waals surface area (Å²) in [6.45, 7) is 2.60. The largest absolute Gasteiger partial charge is 0.325 e. The van der Waals surface area contributed by atoms with Crippen molar-refractivity contribution in [2.24, 2.45) is 5.92 Å². The number of halogens is 1. The van der Waals surface area contributed by atoms with E-state index in [9.17, 15) is 13.2 Å². The molecular formula is C14H21ClN2O3S. The lowest BCUT2D eigenvalue weighted by atomic mass is 10.2. The van der Waals surface area contributed by atoms with Crippen molar-refractivity contribution >= 4 is 33.0 Å². The van der Waals surface area contributed by atoms with E-state index in [0.717, 1.165) is 0 Å². The van der Waals surface area contributed by atoms with Gasteiger partial charge in [-0.15, -0.1) is 0 Å². The zero-order chi connectivity index (χ0) is 16.0. The lowest BCUT2D eigenvalue weighted by Crippen LogP contribution is -2.34. The minimum Gasteiger partial charge on any atom is -0.325 e. The van der Waals surface area contributed by atoms with Crippen LogP contribution >= 0.6 is 11.6 Å². The first-order chi connectivity index (χ1) is 9.65. The van der Waals surface area contributed by atoms with E-state index in [2.05, 4.69) is 5.32 Å². The van der Waals surface area contributed by atoms with Gasteiger partial charge < -0.3 is 5.32 Å². The molecule has 0 spiro atoms. The smallest absolute Gasteiger partial charge is 0.238 e. The molecule has 1 amide bonds. The monoisotopic (exact) mass is 332 g/mol. The summed E-state index contributed by atoms with van der Waals surface area (Å²) in [4.78, 5) is 13.7. The number of likely N-dealkylation sites (N-methyl/N-ethyl adjacent to an activating group) is 1. The summed E-state index contributed by atoms with van der Waals surface area (Å²) < 4.78 is 22.4. The molecule has 0 heterocycles. The molecule has 0 fully saturated rings. The van der Waals surface area contributed by atoms with E-state index in [1.165, 1.54) is 6.26 Å². The second kappa shape index (κ2) is 7.77. The van der Waals surface area contributed by atoms with Gasteiger partial charge in [0.15, 0.2) is 0 Å². The molecule has 0 aliphatic heterocycles. The molecule has 0 bridgehead atoms. The van der Waals surface area contributed by atoms with Gasteiger partial charge in [-0.3, -0.25) is 9.69 Å². The lowest BCUT2D eigenvalue weighted by molar-refractivity contribution is -0.117. The van der Waals surface area contributed by atoms with E-state index < -0.39 is 9.84 Å². The highest BCUT2D eigenvalue weighted by Crippen LogP contribution is 2.13. The molecule has 0 unspecified atom stereocenters. The summed E-state index contributed by atoms with van der Waals surface area (Å²) in [6.07, 6.45) is 1.22. The summed E-state index contributed by atoms with van der Waals surface area (Å²) in [7, 11) is -1.20. The van der Waals surface area contributed by atoms with Gasteiger partial charge in [-0.2, -0.15) is 0 Å². The number of carbonyl (C=O) groups excluding carboxylic acids is 1. The van der Waals surface area contributed by atoms with Gasteiger partial charge in [0.2, 0.25) is 5.91 Å². The lowest BCUT2D eigenvalue weighted by Gasteiger charge is -2.20. The highest BCUT2D eigenvalue weighted by atomic mass is 35.5. The quantitative estimate of drug-likeness (QED) is 0.828. The van der Waals surface area contributed by atoms with Crippen LogP contribution in [0.5, 0.6) is 0 Å². The van der Waals surface area contributed by atoms with Crippen LogP contribution in [0, 0.1) is 5.92 Å². The second-order valence-electron chi connectivity index (χ2n) is 5.45. The Kier molecular flexibility index (Phi) is 6.64. The van der Waals surface area contributed by atoms with E-state index >= 15 is 0 Å². The molecule has 0 aliphatic carbocycles. The molecule has 1 aromatic rings. The predicted octanol–water partition coefficient (Wildman–Crippen LogP) is 1.89. The second-order valence-corrected chi connectivity index (χ2v) is 8.07. The number of benzene rings is 1. The van der Waals surface area contributed by atoms with E-state index in [-0.39, 0.29) is 24.1 Å². The molecular weight excluding hydrogens is 312 g/mol. The van der Waals surface area contributed by atoms with Crippen molar-refractivity contribution in [2.45, 2.75) is 6.92 Å². The van der Waals surface area contributed by atoms with E-state index in [1.54, 1.807) is 36.2 Å². The minimum absolute atomic E-state index is 0.0201. The molecule has 1 rings (SSSR count). The normalized spacial score (nSPS) is 13.2. The molecule has 0 radical (unpaired) electrons. The fourth-order valence-corrected chi connectivity index (χ4v) is 3.41. The number of rotatable bonds is 7. The first kappa shape index (κ1) is 17.9. The van der Waals surface area contributed by atoms with Crippen molar-refractivity contribution in [2.75, 3.05) is 37.5 Å². The Morgan fingerprint density at radius 1 is 1.33 bits per heavy atom. The van der Waals surface area contributed by atoms with Crippen LogP contribution in [0.3, 0.4) is 0 Å². The van der Waals surface area contributed by atoms with Crippen LogP contribution in [0.2, 0.25) is 5.02 Å². The number of hydrogen-bond donors (Lipinski definition) is 1. The van der Waals surface area contributed by atoms with E-state index in [4.69, 9.17) is 11.6 Å². The van der Waals surface area contributed by atoms with Gasteiger partial charge in [0.25, 0.3) is 0 Å². The molecule has 5 nitrogen and oxygen atoms in total. The van der Waals surface area contributed by atoms with Gasteiger partial charge in [0, 0.05) is 23.5 Å². The Morgan fingerprint density at radius 3 is 2.43 bits per heavy atom. The molecule has 1 aromatic carbocycles. The van der Waals surface area contributed by atoms with Crippen molar-refractivity contribution in [3.8, 4) is 0 Å². The van der Waals surface area contributed by atoms with Gasteiger partial charge in [-0.25, -0.2) is 8.42 Å². The highest BCUT2D eigenvalue weighted by molar-refractivity contribution is 7.90. The van der Waals surface area contributed by atoms with Crippen molar-refractivity contribution < 1.29 is 13.2 Å². The molecule has 0 aliphatic rings. The van der Waals surface area contributed by atoms with Crippen molar-refractivity contribution in [3.63, 3.8) is 0 Å². The predicted molar refractivity (Wildman–Crippen MR) is 86.5 cm³/mol.